The molecule has 1 aromatic carbocycles. The first-order chi connectivity index (χ1) is 9.11. The Hall–Kier alpha value is -0.910. The number of benzene rings is 1. The second-order valence-corrected chi connectivity index (χ2v) is 6.40. The van der Waals surface area contributed by atoms with Gasteiger partial charge in [0.1, 0.15) is 0 Å². The topological polar surface area (TPSA) is 28.2 Å². The van der Waals surface area contributed by atoms with E-state index in [0.717, 1.165) is 16.1 Å². The fourth-order valence-electron chi connectivity index (χ4n) is 1.75. The van der Waals surface area contributed by atoms with Crippen LogP contribution in [0.5, 0.6) is 0 Å². The molecule has 1 heterocycles. The van der Waals surface area contributed by atoms with Crippen molar-refractivity contribution in [3.63, 3.8) is 0 Å². The number of hydrogen-bond donors (Lipinski definition) is 1. The van der Waals surface area contributed by atoms with Gasteiger partial charge in [-0.3, -0.25) is 0 Å². The van der Waals surface area contributed by atoms with Crippen molar-refractivity contribution in [1.29, 1.82) is 0 Å². The summed E-state index contributed by atoms with van der Waals surface area (Å²) in [7, 11) is 4.04. The quantitative estimate of drug-likeness (QED) is 0.897. The Labute approximate surface area is 126 Å². The van der Waals surface area contributed by atoms with Gasteiger partial charge in [0.25, 0.3) is 0 Å². The number of halogens is 1. The van der Waals surface area contributed by atoms with E-state index in [1.165, 1.54) is 10.4 Å². The number of nitrogens with one attached hydrogen (secondary N) is 1. The van der Waals surface area contributed by atoms with E-state index in [4.69, 9.17) is 0 Å². The zero-order valence-electron chi connectivity index (χ0n) is 11.4. The Balaban J connectivity index is 2.10. The van der Waals surface area contributed by atoms with Gasteiger partial charge in [-0.25, -0.2) is 4.98 Å². The van der Waals surface area contributed by atoms with Crippen molar-refractivity contribution in [3.05, 3.63) is 45.4 Å². The molecule has 1 N–H and O–H groups in total. The van der Waals surface area contributed by atoms with Crippen LogP contribution in [0.1, 0.15) is 23.4 Å². The lowest BCUT2D eigenvalue weighted by atomic mass is 10.2. The molecule has 0 aliphatic heterocycles. The standard InChI is InChI=1S/C14H18BrN3S/c1-10(16-2)13-8-17-14(19-13)18(3)9-11-6-4-5-7-12(11)15/h4-8,10,16H,9H2,1-3H3. The molecular formula is C14H18BrN3S. The molecule has 0 spiro atoms. The van der Waals surface area contributed by atoms with Crippen molar-refractivity contribution in [2.75, 3.05) is 19.0 Å². The second kappa shape index (κ2) is 6.50. The lowest BCUT2D eigenvalue weighted by Gasteiger charge is -2.16. The van der Waals surface area contributed by atoms with Crippen LogP contribution < -0.4 is 10.2 Å². The summed E-state index contributed by atoms with van der Waals surface area (Å²) in [5.41, 5.74) is 1.27. The third-order valence-electron chi connectivity index (χ3n) is 3.06. The molecule has 0 aliphatic carbocycles. The fraction of sp³-hybridized carbons (Fsp3) is 0.357. The summed E-state index contributed by atoms with van der Waals surface area (Å²) in [4.78, 5) is 7.94. The van der Waals surface area contributed by atoms with Gasteiger partial charge in [0.05, 0.1) is 0 Å². The van der Waals surface area contributed by atoms with Gasteiger partial charge in [-0.05, 0) is 25.6 Å². The first-order valence-corrected chi connectivity index (χ1v) is 7.80. The van der Waals surface area contributed by atoms with Crippen molar-refractivity contribution in [2.45, 2.75) is 19.5 Å². The molecule has 1 atom stereocenters. The number of nitrogens with zero attached hydrogens (tertiary/aromatic N) is 2. The third kappa shape index (κ3) is 3.55. The minimum Gasteiger partial charge on any atom is -0.347 e. The van der Waals surface area contributed by atoms with Gasteiger partial charge in [0.15, 0.2) is 5.13 Å². The van der Waals surface area contributed by atoms with Crippen LogP contribution in [0, 0.1) is 0 Å². The average Bonchev–Trinajstić information content (AvgIpc) is 2.90. The summed E-state index contributed by atoms with van der Waals surface area (Å²) >= 11 is 5.32. The Kier molecular flexibility index (Phi) is 4.96. The van der Waals surface area contributed by atoms with E-state index < -0.39 is 0 Å². The summed E-state index contributed by atoms with van der Waals surface area (Å²) in [6.45, 7) is 2.99. The first-order valence-electron chi connectivity index (χ1n) is 6.19. The van der Waals surface area contributed by atoms with Crippen molar-refractivity contribution in [2.24, 2.45) is 0 Å². The van der Waals surface area contributed by atoms with Crippen LogP contribution in [0.3, 0.4) is 0 Å². The molecule has 3 nitrogen and oxygen atoms in total. The Morgan fingerprint density at radius 3 is 2.84 bits per heavy atom. The van der Waals surface area contributed by atoms with Gasteiger partial charge in [-0.2, -0.15) is 0 Å². The number of thiazole rings is 1. The molecule has 0 saturated heterocycles. The van der Waals surface area contributed by atoms with Gasteiger partial charge >= 0.3 is 0 Å². The SMILES string of the molecule is CNC(C)c1cnc(N(C)Cc2ccccc2Br)s1. The number of aromatic nitrogens is 1. The molecule has 5 heteroatoms. The van der Waals surface area contributed by atoms with Crippen LogP contribution >= 0.6 is 27.3 Å². The van der Waals surface area contributed by atoms with E-state index in [9.17, 15) is 0 Å². The number of hydrogen-bond acceptors (Lipinski definition) is 4. The van der Waals surface area contributed by atoms with Gasteiger partial charge in [0.2, 0.25) is 0 Å². The normalized spacial score (nSPS) is 12.4. The summed E-state index contributed by atoms with van der Waals surface area (Å²) in [5, 5.41) is 4.29. The van der Waals surface area contributed by atoms with Crippen molar-refractivity contribution >= 4 is 32.4 Å². The van der Waals surface area contributed by atoms with Crippen LogP contribution in [0.2, 0.25) is 0 Å². The van der Waals surface area contributed by atoms with Crippen LogP contribution in [-0.4, -0.2) is 19.1 Å². The highest BCUT2D eigenvalue weighted by Gasteiger charge is 2.12. The highest BCUT2D eigenvalue weighted by molar-refractivity contribution is 9.10. The minimum atomic E-state index is 0.350. The van der Waals surface area contributed by atoms with Crippen LogP contribution in [0.25, 0.3) is 0 Å². The smallest absolute Gasteiger partial charge is 0.185 e. The summed E-state index contributed by atoms with van der Waals surface area (Å²) in [6, 6.07) is 8.64. The Bertz CT molecular complexity index is 541. The van der Waals surface area contributed by atoms with Crippen molar-refractivity contribution in [3.8, 4) is 0 Å². The maximum Gasteiger partial charge on any atom is 0.185 e. The maximum absolute atomic E-state index is 4.50. The molecule has 0 saturated carbocycles. The molecule has 0 bridgehead atoms. The molecule has 0 amide bonds. The first kappa shape index (κ1) is 14.5. The van der Waals surface area contributed by atoms with E-state index in [1.807, 2.05) is 19.3 Å². The Morgan fingerprint density at radius 1 is 1.42 bits per heavy atom. The van der Waals surface area contributed by atoms with Gasteiger partial charge in [0, 0.05) is 35.2 Å². The zero-order valence-corrected chi connectivity index (χ0v) is 13.8. The summed E-state index contributed by atoms with van der Waals surface area (Å²) in [6.07, 6.45) is 1.96. The molecule has 1 aromatic heterocycles. The minimum absolute atomic E-state index is 0.350. The monoisotopic (exact) mass is 339 g/mol. The average molecular weight is 340 g/mol. The molecule has 0 aliphatic rings. The van der Waals surface area contributed by atoms with E-state index in [2.05, 4.69) is 63.3 Å². The van der Waals surface area contributed by atoms with E-state index >= 15 is 0 Å². The Morgan fingerprint density at radius 2 is 2.16 bits per heavy atom. The van der Waals surface area contributed by atoms with Crippen LogP contribution in [0.4, 0.5) is 5.13 Å². The molecule has 2 rings (SSSR count). The molecule has 19 heavy (non-hydrogen) atoms. The third-order valence-corrected chi connectivity index (χ3v) is 5.13. The number of rotatable bonds is 5. The molecule has 2 aromatic rings. The van der Waals surface area contributed by atoms with E-state index in [1.54, 1.807) is 11.3 Å². The summed E-state index contributed by atoms with van der Waals surface area (Å²) < 4.78 is 1.14. The predicted octanol–water partition coefficient (Wildman–Crippen LogP) is 3.82. The summed E-state index contributed by atoms with van der Waals surface area (Å²) in [5.74, 6) is 0. The molecule has 1 unspecified atom stereocenters. The predicted molar refractivity (Wildman–Crippen MR) is 85.8 cm³/mol. The van der Waals surface area contributed by atoms with Gasteiger partial charge < -0.3 is 10.2 Å². The van der Waals surface area contributed by atoms with Crippen molar-refractivity contribution < 1.29 is 0 Å². The van der Waals surface area contributed by atoms with Gasteiger partial charge in [-0.15, -0.1) is 11.3 Å². The lowest BCUT2D eigenvalue weighted by Crippen LogP contribution is -2.16. The van der Waals surface area contributed by atoms with Gasteiger partial charge in [-0.1, -0.05) is 34.1 Å². The second-order valence-electron chi connectivity index (χ2n) is 4.50. The largest absolute Gasteiger partial charge is 0.347 e. The molecule has 0 fully saturated rings. The zero-order chi connectivity index (χ0) is 13.8. The van der Waals surface area contributed by atoms with E-state index in [0.29, 0.717) is 6.04 Å². The maximum atomic E-state index is 4.50. The lowest BCUT2D eigenvalue weighted by molar-refractivity contribution is 0.662. The highest BCUT2D eigenvalue weighted by atomic mass is 79.9. The number of anilines is 1. The van der Waals surface area contributed by atoms with E-state index in [-0.39, 0.29) is 0 Å². The van der Waals surface area contributed by atoms with Crippen molar-refractivity contribution in [1.82, 2.24) is 10.3 Å². The fourth-order valence-corrected chi connectivity index (χ4v) is 3.09. The highest BCUT2D eigenvalue weighted by Crippen LogP contribution is 2.28. The van der Waals surface area contributed by atoms with Crippen LogP contribution in [-0.2, 0) is 6.54 Å². The van der Waals surface area contributed by atoms with Crippen LogP contribution in [0.15, 0.2) is 34.9 Å². The molecular weight excluding hydrogens is 322 g/mol. The molecule has 0 radical (unpaired) electrons. The molecule has 102 valence electrons.